The number of para-hydroxylation sites is 1. The number of amides is 1. The van der Waals surface area contributed by atoms with Crippen LogP contribution in [0, 0.1) is 11.8 Å². The molecule has 1 aromatic rings. The van der Waals surface area contributed by atoms with Gasteiger partial charge in [-0.05, 0) is 25.3 Å². The summed E-state index contributed by atoms with van der Waals surface area (Å²) < 4.78 is 5.24. The topological polar surface area (TPSA) is 75.6 Å². The molecule has 2 rings (SSSR count). The number of carbonyl (C=O) groups is 2. The van der Waals surface area contributed by atoms with Gasteiger partial charge in [-0.2, -0.15) is 0 Å². The standard InChI is InChI=1S/C16H21NO4/c1-21-14-8-3-2-5-13(14)10-17-15(18)11-6-4-7-12(9-11)16(19)20/h2-3,5,8,11-12H,4,6-7,9-10H2,1H3,(H,17,18)(H,19,20)/t11-,12+/m1/s1. The first-order chi connectivity index (χ1) is 10.1. The maximum Gasteiger partial charge on any atom is 0.306 e. The molecule has 1 saturated carbocycles. The number of ether oxygens (including phenoxy) is 1. The van der Waals surface area contributed by atoms with Crippen LogP contribution in [0.4, 0.5) is 0 Å². The van der Waals surface area contributed by atoms with Crippen molar-refractivity contribution in [3.63, 3.8) is 0 Å². The first kappa shape index (κ1) is 15.4. The minimum absolute atomic E-state index is 0.0631. The molecule has 1 fully saturated rings. The molecule has 0 radical (unpaired) electrons. The van der Waals surface area contributed by atoms with Gasteiger partial charge in [-0.1, -0.05) is 24.6 Å². The summed E-state index contributed by atoms with van der Waals surface area (Å²) in [7, 11) is 1.60. The third kappa shape index (κ3) is 3.97. The molecule has 1 amide bonds. The average molecular weight is 291 g/mol. The third-order valence-electron chi connectivity index (χ3n) is 4.04. The lowest BCUT2D eigenvalue weighted by atomic mass is 9.81. The van der Waals surface area contributed by atoms with Crippen molar-refractivity contribution in [2.45, 2.75) is 32.2 Å². The molecule has 21 heavy (non-hydrogen) atoms. The van der Waals surface area contributed by atoms with E-state index in [9.17, 15) is 9.59 Å². The monoisotopic (exact) mass is 291 g/mol. The Morgan fingerprint density at radius 1 is 1.29 bits per heavy atom. The van der Waals surface area contributed by atoms with Crippen molar-refractivity contribution in [3.05, 3.63) is 29.8 Å². The van der Waals surface area contributed by atoms with E-state index in [1.54, 1.807) is 7.11 Å². The third-order valence-corrected chi connectivity index (χ3v) is 4.04. The zero-order valence-corrected chi connectivity index (χ0v) is 12.2. The predicted octanol–water partition coefficient (Wildman–Crippen LogP) is 2.20. The fourth-order valence-electron chi connectivity index (χ4n) is 2.83. The summed E-state index contributed by atoms with van der Waals surface area (Å²) in [6.07, 6.45) is 2.67. The molecule has 1 aliphatic carbocycles. The van der Waals surface area contributed by atoms with Gasteiger partial charge in [0, 0.05) is 18.0 Å². The minimum Gasteiger partial charge on any atom is -0.496 e. The van der Waals surface area contributed by atoms with Gasteiger partial charge in [-0.3, -0.25) is 9.59 Å². The van der Waals surface area contributed by atoms with Crippen molar-refractivity contribution < 1.29 is 19.4 Å². The molecular formula is C16H21NO4. The Morgan fingerprint density at radius 3 is 2.71 bits per heavy atom. The highest BCUT2D eigenvalue weighted by Crippen LogP contribution is 2.29. The number of rotatable bonds is 5. The van der Waals surface area contributed by atoms with Crippen molar-refractivity contribution in [1.29, 1.82) is 0 Å². The predicted molar refractivity (Wildman–Crippen MR) is 77.9 cm³/mol. The van der Waals surface area contributed by atoms with Crippen molar-refractivity contribution in [2.24, 2.45) is 11.8 Å². The Kier molecular flexibility index (Phi) is 5.20. The number of aliphatic carboxylic acids is 1. The highest BCUT2D eigenvalue weighted by molar-refractivity contribution is 5.80. The summed E-state index contributed by atoms with van der Waals surface area (Å²) >= 11 is 0. The van der Waals surface area contributed by atoms with Gasteiger partial charge in [0.1, 0.15) is 5.75 Å². The lowest BCUT2D eigenvalue weighted by molar-refractivity contribution is -0.144. The zero-order chi connectivity index (χ0) is 15.2. The second-order valence-corrected chi connectivity index (χ2v) is 5.43. The molecule has 0 bridgehead atoms. The first-order valence-corrected chi connectivity index (χ1v) is 7.24. The lowest BCUT2D eigenvalue weighted by Crippen LogP contribution is -2.35. The highest BCUT2D eigenvalue weighted by Gasteiger charge is 2.30. The summed E-state index contributed by atoms with van der Waals surface area (Å²) in [5, 5.41) is 12.0. The minimum atomic E-state index is -0.794. The molecule has 0 spiro atoms. The molecule has 0 aliphatic heterocycles. The summed E-state index contributed by atoms with van der Waals surface area (Å²) in [6.45, 7) is 0.400. The van der Waals surface area contributed by atoms with Crippen LogP contribution in [0.1, 0.15) is 31.2 Å². The van der Waals surface area contributed by atoms with E-state index in [2.05, 4.69) is 5.32 Å². The molecule has 1 aromatic carbocycles. The molecule has 2 atom stereocenters. The number of hydrogen-bond donors (Lipinski definition) is 2. The number of carbonyl (C=O) groups excluding carboxylic acids is 1. The van der Waals surface area contributed by atoms with Gasteiger partial charge in [-0.15, -0.1) is 0 Å². The molecule has 114 valence electrons. The molecule has 5 heteroatoms. The van der Waals surface area contributed by atoms with Crippen LogP contribution in [0.5, 0.6) is 5.75 Å². The molecule has 2 N–H and O–H groups in total. The number of benzene rings is 1. The Labute approximate surface area is 124 Å². The van der Waals surface area contributed by atoms with Gasteiger partial charge in [0.25, 0.3) is 0 Å². The molecule has 1 aliphatic rings. The van der Waals surface area contributed by atoms with Gasteiger partial charge in [0.2, 0.25) is 5.91 Å². The normalized spacial score (nSPS) is 21.6. The van der Waals surface area contributed by atoms with Gasteiger partial charge >= 0.3 is 5.97 Å². The molecule has 0 heterocycles. The van der Waals surface area contributed by atoms with Gasteiger partial charge in [-0.25, -0.2) is 0 Å². The Morgan fingerprint density at radius 2 is 2.00 bits per heavy atom. The van der Waals surface area contributed by atoms with Crippen LogP contribution in [-0.4, -0.2) is 24.1 Å². The van der Waals surface area contributed by atoms with Gasteiger partial charge in [0.05, 0.1) is 13.0 Å². The summed E-state index contributed by atoms with van der Waals surface area (Å²) in [4.78, 5) is 23.2. The number of carboxylic acid groups (broad SMARTS) is 1. The summed E-state index contributed by atoms with van der Waals surface area (Å²) in [5.74, 6) is -0.704. The van der Waals surface area contributed by atoms with Crippen LogP contribution in [0.15, 0.2) is 24.3 Å². The van der Waals surface area contributed by atoms with E-state index in [0.29, 0.717) is 19.4 Å². The van der Waals surface area contributed by atoms with Crippen LogP contribution in [0.2, 0.25) is 0 Å². The molecule has 0 unspecified atom stereocenters. The van der Waals surface area contributed by atoms with E-state index in [4.69, 9.17) is 9.84 Å². The quantitative estimate of drug-likeness (QED) is 0.872. The van der Waals surface area contributed by atoms with E-state index in [-0.39, 0.29) is 17.7 Å². The molecular weight excluding hydrogens is 270 g/mol. The van der Waals surface area contributed by atoms with Crippen LogP contribution in [-0.2, 0) is 16.1 Å². The summed E-state index contributed by atoms with van der Waals surface area (Å²) in [5.41, 5.74) is 0.916. The van der Waals surface area contributed by atoms with Crippen LogP contribution in [0.25, 0.3) is 0 Å². The van der Waals surface area contributed by atoms with E-state index >= 15 is 0 Å². The number of carboxylic acids is 1. The highest BCUT2D eigenvalue weighted by atomic mass is 16.5. The SMILES string of the molecule is COc1ccccc1CNC(=O)[C@@H]1CCC[C@H](C(=O)O)C1. The summed E-state index contributed by atoms with van der Waals surface area (Å²) in [6, 6.07) is 7.52. The Hall–Kier alpha value is -2.04. The molecule has 0 saturated heterocycles. The number of hydrogen-bond acceptors (Lipinski definition) is 3. The van der Waals surface area contributed by atoms with Crippen molar-refractivity contribution in [1.82, 2.24) is 5.32 Å². The smallest absolute Gasteiger partial charge is 0.306 e. The average Bonchev–Trinajstić information content (AvgIpc) is 2.52. The van der Waals surface area contributed by atoms with Gasteiger partial charge < -0.3 is 15.2 Å². The van der Waals surface area contributed by atoms with E-state index < -0.39 is 5.97 Å². The lowest BCUT2D eigenvalue weighted by Gasteiger charge is -2.25. The number of nitrogens with one attached hydrogen (secondary N) is 1. The first-order valence-electron chi connectivity index (χ1n) is 7.24. The van der Waals surface area contributed by atoms with E-state index in [1.165, 1.54) is 0 Å². The second kappa shape index (κ2) is 7.11. The number of methoxy groups -OCH3 is 1. The van der Waals surface area contributed by atoms with Crippen LogP contribution < -0.4 is 10.1 Å². The Balaban J connectivity index is 1.91. The fraction of sp³-hybridized carbons (Fsp3) is 0.500. The maximum absolute atomic E-state index is 12.2. The Bertz CT molecular complexity index is 515. The van der Waals surface area contributed by atoms with Crippen LogP contribution in [0.3, 0.4) is 0 Å². The largest absolute Gasteiger partial charge is 0.496 e. The van der Waals surface area contributed by atoms with E-state index in [1.807, 2.05) is 24.3 Å². The van der Waals surface area contributed by atoms with Crippen LogP contribution >= 0.6 is 0 Å². The van der Waals surface area contributed by atoms with Crippen molar-refractivity contribution >= 4 is 11.9 Å². The molecule has 0 aromatic heterocycles. The van der Waals surface area contributed by atoms with Crippen molar-refractivity contribution in [2.75, 3.05) is 7.11 Å². The molecule has 5 nitrogen and oxygen atoms in total. The van der Waals surface area contributed by atoms with E-state index in [0.717, 1.165) is 24.2 Å². The fourth-order valence-corrected chi connectivity index (χ4v) is 2.83. The second-order valence-electron chi connectivity index (χ2n) is 5.43. The zero-order valence-electron chi connectivity index (χ0n) is 12.2. The maximum atomic E-state index is 12.2. The van der Waals surface area contributed by atoms with Crippen molar-refractivity contribution in [3.8, 4) is 5.75 Å². The van der Waals surface area contributed by atoms with Gasteiger partial charge in [0.15, 0.2) is 0 Å².